The van der Waals surface area contributed by atoms with Crippen molar-refractivity contribution in [3.63, 3.8) is 0 Å². The van der Waals surface area contributed by atoms with Crippen LogP contribution >= 0.6 is 0 Å². The van der Waals surface area contributed by atoms with Crippen molar-refractivity contribution in [2.45, 2.75) is 32.6 Å². The third-order valence-electron chi connectivity index (χ3n) is 2.45. The number of hydrogen-bond acceptors (Lipinski definition) is 4. The molecule has 0 N–H and O–H groups in total. The molecule has 122 valence electrons. The molecule has 2 aliphatic carbocycles. The number of carbonyl (C=O) groups is 4. The van der Waals surface area contributed by atoms with Gasteiger partial charge < -0.3 is 28.7 Å². The Morgan fingerprint density at radius 1 is 0.955 bits per heavy atom. The van der Waals surface area contributed by atoms with E-state index in [4.69, 9.17) is 0 Å². The molecule has 4 nitrogen and oxygen atoms in total. The summed E-state index contributed by atoms with van der Waals surface area (Å²) in [5.41, 5.74) is 0. The first kappa shape index (κ1) is 33.3. The number of hydrogen-bond donors (Lipinski definition) is 0. The molecule has 22 heavy (non-hydrogen) atoms. The molecule has 6 heteroatoms. The van der Waals surface area contributed by atoms with Crippen LogP contribution in [-0.4, -0.2) is 23.1 Å². The molecule has 0 aromatic heterocycles. The molecule has 0 aliphatic heterocycles. The van der Waals surface area contributed by atoms with Crippen LogP contribution in [0.2, 0.25) is 0 Å². The van der Waals surface area contributed by atoms with E-state index in [2.05, 4.69) is 13.8 Å². The Labute approximate surface area is 158 Å². The number of rotatable bonds is 1. The van der Waals surface area contributed by atoms with E-state index >= 15 is 0 Å². The first-order chi connectivity index (χ1) is 8.52. The first-order valence-corrected chi connectivity index (χ1v) is 5.81. The van der Waals surface area contributed by atoms with Gasteiger partial charge in [0.2, 0.25) is 0 Å². The van der Waals surface area contributed by atoms with E-state index in [9.17, 15) is 19.2 Å². The Bertz CT molecular complexity index is 360. The molecule has 0 heterocycles. The summed E-state index contributed by atoms with van der Waals surface area (Å²) < 4.78 is 0. The van der Waals surface area contributed by atoms with Gasteiger partial charge in [-0.15, -0.1) is 0 Å². The van der Waals surface area contributed by atoms with Gasteiger partial charge in [0.05, 0.1) is 12.8 Å². The molecule has 0 spiro atoms. The van der Waals surface area contributed by atoms with Crippen molar-refractivity contribution >= 4 is 23.1 Å². The molecule has 1 saturated carbocycles. The van der Waals surface area contributed by atoms with Gasteiger partial charge in [0.15, 0.2) is 11.6 Å². The zero-order valence-corrected chi connectivity index (χ0v) is 16.3. The van der Waals surface area contributed by atoms with Crippen LogP contribution in [0.3, 0.4) is 0 Å². The number of ketones is 4. The quantitative estimate of drug-likeness (QED) is 0.517. The molecule has 1 unspecified atom stereocenters. The number of allylic oxidation sites excluding steroid dienone is 2. The normalized spacial score (nSPS) is 17.5. The summed E-state index contributed by atoms with van der Waals surface area (Å²) >= 11 is 0. The molecule has 0 aromatic carbocycles. The van der Waals surface area contributed by atoms with Gasteiger partial charge in [-0.1, -0.05) is 0 Å². The van der Waals surface area contributed by atoms with Crippen LogP contribution in [-0.2, 0) is 56.3 Å². The Balaban J connectivity index is -0.0000000685. The van der Waals surface area contributed by atoms with Crippen LogP contribution in [0.1, 0.15) is 32.6 Å². The Hall–Kier alpha value is -0.411. The average molecular weight is 382 g/mol. The van der Waals surface area contributed by atoms with Crippen molar-refractivity contribution in [3.8, 4) is 0 Å². The van der Waals surface area contributed by atoms with E-state index in [1.54, 1.807) is 6.92 Å². The fourth-order valence-corrected chi connectivity index (χ4v) is 1.54. The molecular weight excluding hydrogens is 358 g/mol. The summed E-state index contributed by atoms with van der Waals surface area (Å²) in [6.45, 7) is 8.58. The minimum atomic E-state index is -0.0787. The Kier molecular flexibility index (Phi) is 28.2. The summed E-state index contributed by atoms with van der Waals surface area (Å²) in [5, 5.41) is 0. The van der Waals surface area contributed by atoms with Crippen LogP contribution in [0.4, 0.5) is 0 Å². The maximum absolute atomic E-state index is 10.8. The predicted octanol–water partition coefficient (Wildman–Crippen LogP) is 2.58. The molecule has 2 radical (unpaired) electrons. The second-order valence-electron chi connectivity index (χ2n) is 3.81. The minimum absolute atomic E-state index is 0. The van der Waals surface area contributed by atoms with E-state index in [0.717, 1.165) is 0 Å². The largest absolute Gasteiger partial charge is 2.00 e. The van der Waals surface area contributed by atoms with Gasteiger partial charge in [0, 0.05) is 6.42 Å². The molecular formula is C16H24O4V2. The van der Waals surface area contributed by atoms with Crippen molar-refractivity contribution < 1.29 is 56.3 Å². The Morgan fingerprint density at radius 3 is 1.50 bits per heavy atom. The van der Waals surface area contributed by atoms with Crippen LogP contribution < -0.4 is 0 Å². The van der Waals surface area contributed by atoms with Crippen LogP contribution in [0, 0.1) is 34.6 Å². The molecule has 0 amide bonds. The first-order valence-electron chi connectivity index (χ1n) is 5.81. The molecule has 0 saturated heterocycles. The second-order valence-corrected chi connectivity index (χ2v) is 3.81. The second kappa shape index (κ2) is 18.6. The SMILES string of the molecule is O=C1C=CC(=O)C1.[CH2-]C.[CH2-]CC1CC(=O)CC1=O.[CH3-].[CH3-].[V+2].[V+2]. The topological polar surface area (TPSA) is 68.3 Å². The number of carbonyl (C=O) groups excluding carboxylic acids is 4. The molecule has 1 atom stereocenters. The molecule has 0 bridgehead atoms. The van der Waals surface area contributed by atoms with Gasteiger partial charge in [0.1, 0.15) is 11.6 Å². The van der Waals surface area contributed by atoms with Gasteiger partial charge >= 0.3 is 37.1 Å². The van der Waals surface area contributed by atoms with E-state index < -0.39 is 0 Å². The fourth-order valence-electron chi connectivity index (χ4n) is 1.54. The van der Waals surface area contributed by atoms with Gasteiger partial charge in [0.25, 0.3) is 0 Å². The van der Waals surface area contributed by atoms with Crippen molar-refractivity contribution in [2.24, 2.45) is 5.92 Å². The third kappa shape index (κ3) is 13.3. The Morgan fingerprint density at radius 2 is 1.36 bits per heavy atom. The average Bonchev–Trinajstić information content (AvgIpc) is 2.87. The smallest absolute Gasteiger partial charge is 0.358 e. The maximum atomic E-state index is 10.8. The molecule has 2 rings (SSSR count). The van der Waals surface area contributed by atoms with E-state index in [-0.39, 0.29) is 93.9 Å². The van der Waals surface area contributed by atoms with Gasteiger partial charge in [-0.2, -0.15) is 13.3 Å². The standard InChI is InChI=1S/C7H9O2.C5H4O2.C2H5.2CH3.2V/c1-2-5-3-6(8)4-7(5)9;6-4-1-2-5(7)3-4;1-2;;;;/h5H,1-4H2;1-2H,3H2;1H2,2H3;2*1H3;;/q-1;;3*-1;2*+2. The number of Topliss-reactive ketones (excluding diaryl/α,β-unsaturated/α-hetero) is 2. The zero-order chi connectivity index (χ0) is 14.1. The van der Waals surface area contributed by atoms with E-state index in [0.29, 0.717) is 12.8 Å². The maximum Gasteiger partial charge on any atom is 2.00 e. The summed E-state index contributed by atoms with van der Waals surface area (Å²) in [6, 6.07) is 0. The van der Waals surface area contributed by atoms with Crippen LogP contribution in [0.15, 0.2) is 12.2 Å². The van der Waals surface area contributed by atoms with Crippen molar-refractivity contribution in [1.29, 1.82) is 0 Å². The van der Waals surface area contributed by atoms with Gasteiger partial charge in [-0.25, -0.2) is 0 Å². The third-order valence-corrected chi connectivity index (χ3v) is 2.45. The predicted molar refractivity (Wildman–Crippen MR) is 80.3 cm³/mol. The van der Waals surface area contributed by atoms with E-state index in [1.165, 1.54) is 12.2 Å². The molecule has 0 aromatic rings. The van der Waals surface area contributed by atoms with Crippen molar-refractivity contribution in [2.75, 3.05) is 0 Å². The van der Waals surface area contributed by atoms with Crippen LogP contribution in [0.25, 0.3) is 0 Å². The van der Waals surface area contributed by atoms with Crippen molar-refractivity contribution in [3.05, 3.63) is 40.9 Å². The summed E-state index contributed by atoms with van der Waals surface area (Å²) in [6.07, 6.45) is 3.86. The zero-order valence-electron chi connectivity index (χ0n) is 13.5. The minimum Gasteiger partial charge on any atom is -0.358 e. The monoisotopic (exact) mass is 382 g/mol. The van der Waals surface area contributed by atoms with Crippen molar-refractivity contribution in [1.82, 2.24) is 0 Å². The fraction of sp³-hybridized carbons (Fsp3) is 0.375. The van der Waals surface area contributed by atoms with E-state index in [1.807, 2.05) is 0 Å². The summed E-state index contributed by atoms with van der Waals surface area (Å²) in [4.78, 5) is 41.6. The van der Waals surface area contributed by atoms with Gasteiger partial charge in [-0.3, -0.25) is 19.2 Å². The van der Waals surface area contributed by atoms with Gasteiger partial charge in [-0.05, 0) is 18.1 Å². The summed E-state index contributed by atoms with van der Waals surface area (Å²) in [5.74, 6) is -0.0591. The molecule has 1 fully saturated rings. The summed E-state index contributed by atoms with van der Waals surface area (Å²) in [7, 11) is 0. The van der Waals surface area contributed by atoms with Crippen LogP contribution in [0.5, 0.6) is 0 Å². The molecule has 2 aliphatic rings.